The van der Waals surface area contributed by atoms with Crippen LogP contribution in [0, 0.1) is 0 Å². The summed E-state index contributed by atoms with van der Waals surface area (Å²) in [7, 11) is 0. The van der Waals surface area contributed by atoms with Gasteiger partial charge >= 0.3 is 6.03 Å². The van der Waals surface area contributed by atoms with E-state index in [-0.39, 0.29) is 17.9 Å². The first-order valence-electron chi connectivity index (χ1n) is 11.2. The van der Waals surface area contributed by atoms with Gasteiger partial charge in [-0.2, -0.15) is 0 Å². The predicted molar refractivity (Wildman–Crippen MR) is 129 cm³/mol. The van der Waals surface area contributed by atoms with E-state index >= 15 is 0 Å². The van der Waals surface area contributed by atoms with E-state index in [2.05, 4.69) is 5.32 Å². The average molecular weight is 428 g/mol. The number of amides is 3. The van der Waals surface area contributed by atoms with Gasteiger partial charge in [0.15, 0.2) is 0 Å². The maximum Gasteiger partial charge on any atom is 0.324 e. The Kier molecular flexibility index (Phi) is 6.85. The summed E-state index contributed by atoms with van der Waals surface area (Å²) in [6.07, 6.45) is 1.65. The molecular formula is C27H29N3O2. The van der Waals surface area contributed by atoms with Crippen LogP contribution in [-0.2, 0) is 11.3 Å². The molecule has 0 bridgehead atoms. The van der Waals surface area contributed by atoms with E-state index in [9.17, 15) is 9.59 Å². The van der Waals surface area contributed by atoms with Gasteiger partial charge in [-0.05, 0) is 48.2 Å². The number of rotatable bonds is 7. The normalized spacial score (nSPS) is 14.8. The van der Waals surface area contributed by atoms with Gasteiger partial charge in [-0.3, -0.25) is 9.69 Å². The zero-order valence-electron chi connectivity index (χ0n) is 18.4. The van der Waals surface area contributed by atoms with Gasteiger partial charge in [0, 0.05) is 31.0 Å². The summed E-state index contributed by atoms with van der Waals surface area (Å²) < 4.78 is 0. The Labute approximate surface area is 189 Å². The Bertz CT molecular complexity index is 1040. The quantitative estimate of drug-likeness (QED) is 0.530. The van der Waals surface area contributed by atoms with Crippen molar-refractivity contribution in [3.63, 3.8) is 0 Å². The highest BCUT2D eigenvalue weighted by Gasteiger charge is 2.27. The molecule has 5 nitrogen and oxygen atoms in total. The molecule has 1 atom stereocenters. The molecule has 1 heterocycles. The molecule has 3 aromatic carbocycles. The third kappa shape index (κ3) is 4.99. The van der Waals surface area contributed by atoms with Crippen LogP contribution in [-0.4, -0.2) is 29.9 Å². The standard InChI is InChI=1S/C27H29N3O2/c1-2-25(22-12-7-4-8-13-22)26(31)28-23-14-16-24(17-15-23)30-19-9-18-29(27(30)32)20-21-10-5-3-6-11-21/h3-8,10-17,25H,2,9,18-20H2,1H3,(H,28,31)/t25-/m0/s1. The first-order valence-corrected chi connectivity index (χ1v) is 11.2. The molecule has 3 aromatic rings. The predicted octanol–water partition coefficient (Wildman–Crippen LogP) is 5.65. The molecule has 1 aliphatic heterocycles. The van der Waals surface area contributed by atoms with Crippen LogP contribution >= 0.6 is 0 Å². The lowest BCUT2D eigenvalue weighted by Gasteiger charge is -2.35. The van der Waals surface area contributed by atoms with E-state index in [1.807, 2.05) is 102 Å². The molecule has 0 unspecified atom stereocenters. The number of carbonyl (C=O) groups excluding carboxylic acids is 2. The topological polar surface area (TPSA) is 52.7 Å². The number of nitrogens with one attached hydrogen (secondary N) is 1. The van der Waals surface area contributed by atoms with Crippen molar-refractivity contribution >= 4 is 23.3 Å². The van der Waals surface area contributed by atoms with Gasteiger partial charge in [-0.1, -0.05) is 67.6 Å². The lowest BCUT2D eigenvalue weighted by atomic mass is 9.95. The first-order chi connectivity index (χ1) is 15.7. The SMILES string of the molecule is CC[C@H](C(=O)Nc1ccc(N2CCCN(Cc3ccccc3)C2=O)cc1)c1ccccc1. The molecule has 0 spiro atoms. The van der Waals surface area contributed by atoms with Gasteiger partial charge < -0.3 is 10.2 Å². The summed E-state index contributed by atoms with van der Waals surface area (Å²) in [6.45, 7) is 4.09. The van der Waals surface area contributed by atoms with Crippen LogP contribution in [0.2, 0.25) is 0 Å². The zero-order chi connectivity index (χ0) is 22.3. The van der Waals surface area contributed by atoms with E-state index in [1.54, 1.807) is 0 Å². The number of urea groups is 1. The van der Waals surface area contributed by atoms with E-state index in [1.165, 1.54) is 0 Å². The molecule has 0 aliphatic carbocycles. The second kappa shape index (κ2) is 10.1. The lowest BCUT2D eigenvalue weighted by molar-refractivity contribution is -0.117. The van der Waals surface area contributed by atoms with Gasteiger partial charge in [0.25, 0.3) is 0 Å². The fraction of sp³-hybridized carbons (Fsp3) is 0.259. The largest absolute Gasteiger partial charge is 0.326 e. The minimum atomic E-state index is -0.189. The molecule has 0 aromatic heterocycles. The molecule has 1 fully saturated rings. The number of nitrogens with zero attached hydrogens (tertiary/aromatic N) is 2. The second-order valence-corrected chi connectivity index (χ2v) is 8.10. The average Bonchev–Trinajstić information content (AvgIpc) is 2.83. The molecule has 0 saturated carbocycles. The van der Waals surface area contributed by atoms with Crippen LogP contribution in [0.1, 0.15) is 36.8 Å². The molecule has 4 rings (SSSR count). The Morgan fingerprint density at radius 2 is 1.56 bits per heavy atom. The molecule has 1 aliphatic rings. The molecule has 5 heteroatoms. The Morgan fingerprint density at radius 3 is 2.22 bits per heavy atom. The van der Waals surface area contributed by atoms with Crippen molar-refractivity contribution in [3.8, 4) is 0 Å². The fourth-order valence-corrected chi connectivity index (χ4v) is 4.18. The van der Waals surface area contributed by atoms with Crippen LogP contribution in [0.15, 0.2) is 84.9 Å². The molecule has 164 valence electrons. The van der Waals surface area contributed by atoms with Gasteiger partial charge in [0.05, 0.1) is 5.92 Å². The highest BCUT2D eigenvalue weighted by molar-refractivity contribution is 5.97. The van der Waals surface area contributed by atoms with Gasteiger partial charge in [-0.25, -0.2) is 4.79 Å². The maximum absolute atomic E-state index is 13.1. The third-order valence-corrected chi connectivity index (χ3v) is 5.90. The van der Waals surface area contributed by atoms with Crippen molar-refractivity contribution in [2.24, 2.45) is 0 Å². The highest BCUT2D eigenvalue weighted by atomic mass is 16.2. The fourth-order valence-electron chi connectivity index (χ4n) is 4.18. The molecular weight excluding hydrogens is 398 g/mol. The van der Waals surface area contributed by atoms with Crippen LogP contribution in [0.4, 0.5) is 16.2 Å². The molecule has 0 radical (unpaired) electrons. The van der Waals surface area contributed by atoms with E-state index in [4.69, 9.17) is 0 Å². The van der Waals surface area contributed by atoms with Gasteiger partial charge in [-0.15, -0.1) is 0 Å². The van der Waals surface area contributed by atoms with Crippen LogP contribution < -0.4 is 10.2 Å². The number of hydrogen-bond acceptors (Lipinski definition) is 2. The summed E-state index contributed by atoms with van der Waals surface area (Å²) in [5.74, 6) is -0.208. The minimum Gasteiger partial charge on any atom is -0.326 e. The first kappa shape index (κ1) is 21.6. The summed E-state index contributed by atoms with van der Waals surface area (Å²) in [5.41, 5.74) is 3.73. The summed E-state index contributed by atoms with van der Waals surface area (Å²) >= 11 is 0. The number of benzene rings is 3. The highest BCUT2D eigenvalue weighted by Crippen LogP contribution is 2.25. The molecule has 1 saturated heterocycles. The summed E-state index contributed by atoms with van der Waals surface area (Å²) in [5, 5.41) is 3.02. The van der Waals surface area contributed by atoms with Gasteiger partial charge in [0.2, 0.25) is 5.91 Å². The second-order valence-electron chi connectivity index (χ2n) is 8.10. The van der Waals surface area contributed by atoms with E-state index in [0.29, 0.717) is 13.1 Å². The maximum atomic E-state index is 13.1. The van der Waals surface area contributed by atoms with Crippen molar-refractivity contribution in [3.05, 3.63) is 96.1 Å². The lowest BCUT2D eigenvalue weighted by Crippen LogP contribution is -2.49. The van der Waals surface area contributed by atoms with E-state index in [0.717, 1.165) is 41.9 Å². The van der Waals surface area contributed by atoms with Crippen LogP contribution in [0.5, 0.6) is 0 Å². The molecule has 1 N–H and O–H groups in total. The minimum absolute atomic E-state index is 0.0189. The van der Waals surface area contributed by atoms with E-state index < -0.39 is 0 Å². The van der Waals surface area contributed by atoms with Crippen molar-refractivity contribution in [1.82, 2.24) is 4.90 Å². The third-order valence-electron chi connectivity index (χ3n) is 5.90. The van der Waals surface area contributed by atoms with Crippen molar-refractivity contribution in [2.75, 3.05) is 23.3 Å². The summed E-state index contributed by atoms with van der Waals surface area (Å²) in [6, 6.07) is 27.5. The van der Waals surface area contributed by atoms with Gasteiger partial charge in [0.1, 0.15) is 0 Å². The van der Waals surface area contributed by atoms with Crippen molar-refractivity contribution in [2.45, 2.75) is 32.2 Å². The number of carbonyl (C=O) groups is 2. The zero-order valence-corrected chi connectivity index (χ0v) is 18.4. The van der Waals surface area contributed by atoms with Crippen molar-refractivity contribution in [1.29, 1.82) is 0 Å². The summed E-state index contributed by atoms with van der Waals surface area (Å²) in [4.78, 5) is 29.6. The Morgan fingerprint density at radius 1 is 0.906 bits per heavy atom. The smallest absolute Gasteiger partial charge is 0.324 e. The van der Waals surface area contributed by atoms with Crippen LogP contribution in [0.3, 0.4) is 0 Å². The monoisotopic (exact) mass is 427 g/mol. The Balaban J connectivity index is 1.41. The molecule has 32 heavy (non-hydrogen) atoms. The number of hydrogen-bond donors (Lipinski definition) is 1. The van der Waals surface area contributed by atoms with Crippen LogP contribution in [0.25, 0.3) is 0 Å². The Hall–Kier alpha value is -3.60. The van der Waals surface area contributed by atoms with Crippen molar-refractivity contribution < 1.29 is 9.59 Å². The number of anilines is 2. The molecule has 3 amide bonds.